The Hall–Kier alpha value is -1.11. The van der Waals surface area contributed by atoms with E-state index in [1.807, 2.05) is 13.8 Å². The molecule has 6 heteroatoms. The van der Waals surface area contributed by atoms with E-state index in [2.05, 4.69) is 4.72 Å². The van der Waals surface area contributed by atoms with Gasteiger partial charge in [-0.1, -0.05) is 13.0 Å². The molecular weight excluding hydrogens is 266 g/mol. The largest absolute Gasteiger partial charge is 0.495 e. The number of benzene rings is 1. The average molecular weight is 287 g/mol. The number of ether oxygens (including phenoxy) is 1. The molecule has 0 aliphatic heterocycles. The maximum atomic E-state index is 12.4. The zero-order valence-corrected chi connectivity index (χ0v) is 12.5. The predicted octanol–water partition coefficient (Wildman–Crippen LogP) is 1.44. The van der Waals surface area contributed by atoms with Gasteiger partial charge in [-0.2, -0.15) is 0 Å². The van der Waals surface area contributed by atoms with Gasteiger partial charge >= 0.3 is 0 Å². The summed E-state index contributed by atoms with van der Waals surface area (Å²) in [5.74, 6) is 0.287. The topological polar surface area (TPSA) is 75.6 Å². The van der Waals surface area contributed by atoms with E-state index in [0.29, 0.717) is 6.42 Å². The molecule has 0 aromatic heterocycles. The Bertz CT molecular complexity index is 536. The lowest BCUT2D eigenvalue weighted by Crippen LogP contribution is -2.48. The monoisotopic (exact) mass is 287 g/mol. The quantitative estimate of drug-likeness (QED) is 0.830. The first kappa shape index (κ1) is 15.9. The number of aliphatic hydroxyl groups is 1. The molecule has 1 aromatic rings. The van der Waals surface area contributed by atoms with Crippen LogP contribution in [0.25, 0.3) is 0 Å². The molecular formula is C13H21NO4S. The van der Waals surface area contributed by atoms with Crippen molar-refractivity contribution in [3.8, 4) is 5.75 Å². The fourth-order valence-electron chi connectivity index (χ4n) is 1.59. The van der Waals surface area contributed by atoms with Crippen molar-refractivity contribution in [1.29, 1.82) is 0 Å². The molecule has 1 aromatic carbocycles. The second-order valence-electron chi connectivity index (χ2n) is 4.83. The third-order valence-electron chi connectivity index (χ3n) is 3.12. The lowest BCUT2D eigenvalue weighted by atomic mass is 10.0. The summed E-state index contributed by atoms with van der Waals surface area (Å²) >= 11 is 0. The number of aliphatic hydroxyl groups excluding tert-OH is 1. The van der Waals surface area contributed by atoms with Crippen molar-refractivity contribution in [2.24, 2.45) is 0 Å². The molecule has 0 aliphatic carbocycles. The van der Waals surface area contributed by atoms with E-state index in [-0.39, 0.29) is 17.3 Å². The number of aryl methyl sites for hydroxylation is 1. The van der Waals surface area contributed by atoms with Gasteiger partial charge in [0.05, 0.1) is 19.3 Å². The Morgan fingerprint density at radius 2 is 2.05 bits per heavy atom. The summed E-state index contributed by atoms with van der Waals surface area (Å²) in [6.45, 7) is 5.01. The van der Waals surface area contributed by atoms with Crippen LogP contribution in [0, 0.1) is 6.92 Å². The van der Waals surface area contributed by atoms with Crippen molar-refractivity contribution in [2.75, 3.05) is 13.7 Å². The summed E-state index contributed by atoms with van der Waals surface area (Å²) in [4.78, 5) is 0.0862. The maximum Gasteiger partial charge on any atom is 0.244 e. The molecule has 1 atom stereocenters. The molecule has 0 radical (unpaired) electrons. The van der Waals surface area contributed by atoms with Gasteiger partial charge in [0.25, 0.3) is 0 Å². The highest BCUT2D eigenvalue weighted by Gasteiger charge is 2.30. The minimum absolute atomic E-state index is 0.0862. The van der Waals surface area contributed by atoms with Crippen LogP contribution < -0.4 is 9.46 Å². The zero-order chi connectivity index (χ0) is 14.7. The molecule has 5 nitrogen and oxygen atoms in total. The summed E-state index contributed by atoms with van der Waals surface area (Å²) < 4.78 is 32.4. The molecule has 0 saturated heterocycles. The van der Waals surface area contributed by atoms with Gasteiger partial charge in [0.2, 0.25) is 10.0 Å². The molecule has 0 bridgehead atoms. The molecule has 108 valence electrons. The Morgan fingerprint density at radius 1 is 1.42 bits per heavy atom. The van der Waals surface area contributed by atoms with Crippen LogP contribution in [-0.2, 0) is 10.0 Å². The standard InChI is InChI=1S/C13H21NO4S/c1-5-13(3,9-15)14-19(16,17)12-8-10(2)6-7-11(12)18-4/h6-8,14-15H,5,9H2,1-4H3. The smallest absolute Gasteiger partial charge is 0.244 e. The van der Waals surface area contributed by atoms with Crippen LogP contribution >= 0.6 is 0 Å². The first-order valence-corrected chi connectivity index (χ1v) is 7.56. The molecule has 0 saturated carbocycles. The third-order valence-corrected chi connectivity index (χ3v) is 4.78. The van der Waals surface area contributed by atoms with Gasteiger partial charge in [-0.25, -0.2) is 13.1 Å². The summed E-state index contributed by atoms with van der Waals surface area (Å²) in [5.41, 5.74) is -0.0588. The number of hydrogen-bond acceptors (Lipinski definition) is 4. The first-order valence-electron chi connectivity index (χ1n) is 6.07. The summed E-state index contributed by atoms with van der Waals surface area (Å²) in [6, 6.07) is 4.95. The Balaban J connectivity index is 3.24. The minimum atomic E-state index is -3.74. The SMILES string of the molecule is CCC(C)(CO)NS(=O)(=O)c1cc(C)ccc1OC. The molecule has 2 N–H and O–H groups in total. The number of hydrogen-bond donors (Lipinski definition) is 2. The second-order valence-corrected chi connectivity index (χ2v) is 6.48. The molecule has 0 heterocycles. The van der Waals surface area contributed by atoms with Crippen molar-refractivity contribution in [3.05, 3.63) is 23.8 Å². The summed E-state index contributed by atoms with van der Waals surface area (Å²) in [6.07, 6.45) is 0.483. The highest BCUT2D eigenvalue weighted by Crippen LogP contribution is 2.26. The van der Waals surface area contributed by atoms with Crippen molar-refractivity contribution in [2.45, 2.75) is 37.6 Å². The molecule has 0 spiro atoms. The summed E-state index contributed by atoms with van der Waals surface area (Å²) in [5, 5.41) is 9.32. The molecule has 0 amide bonds. The van der Waals surface area contributed by atoms with E-state index in [0.717, 1.165) is 5.56 Å². The van der Waals surface area contributed by atoms with Crippen LogP contribution in [0.3, 0.4) is 0 Å². The fourth-order valence-corrected chi connectivity index (χ4v) is 3.31. The van der Waals surface area contributed by atoms with E-state index in [4.69, 9.17) is 4.74 Å². The van der Waals surface area contributed by atoms with Crippen molar-refractivity contribution in [1.82, 2.24) is 4.72 Å². The van der Waals surface area contributed by atoms with Crippen LogP contribution in [0.1, 0.15) is 25.8 Å². The van der Waals surface area contributed by atoms with Crippen molar-refractivity contribution >= 4 is 10.0 Å². The van der Waals surface area contributed by atoms with Gasteiger partial charge in [0.15, 0.2) is 0 Å². The van der Waals surface area contributed by atoms with Gasteiger partial charge < -0.3 is 9.84 Å². The maximum absolute atomic E-state index is 12.4. The highest BCUT2D eigenvalue weighted by molar-refractivity contribution is 7.89. The minimum Gasteiger partial charge on any atom is -0.495 e. The van der Waals surface area contributed by atoms with Gasteiger partial charge in [-0.05, 0) is 38.0 Å². The Morgan fingerprint density at radius 3 is 2.53 bits per heavy atom. The predicted molar refractivity (Wildman–Crippen MR) is 73.8 cm³/mol. The zero-order valence-electron chi connectivity index (χ0n) is 11.7. The van der Waals surface area contributed by atoms with Crippen LogP contribution in [0.5, 0.6) is 5.75 Å². The molecule has 0 fully saturated rings. The van der Waals surface area contributed by atoms with Crippen LogP contribution in [0.2, 0.25) is 0 Å². The average Bonchev–Trinajstić information content (AvgIpc) is 2.38. The van der Waals surface area contributed by atoms with E-state index in [1.54, 1.807) is 25.1 Å². The first-order chi connectivity index (χ1) is 8.78. The number of nitrogens with one attached hydrogen (secondary N) is 1. The van der Waals surface area contributed by atoms with Gasteiger partial charge in [-0.3, -0.25) is 0 Å². The Kier molecular flexibility index (Phi) is 4.95. The van der Waals surface area contributed by atoms with E-state index in [9.17, 15) is 13.5 Å². The van der Waals surface area contributed by atoms with E-state index >= 15 is 0 Å². The third kappa shape index (κ3) is 3.68. The van der Waals surface area contributed by atoms with Gasteiger partial charge in [0, 0.05) is 0 Å². The number of methoxy groups -OCH3 is 1. The van der Waals surface area contributed by atoms with Crippen molar-refractivity contribution in [3.63, 3.8) is 0 Å². The fraction of sp³-hybridized carbons (Fsp3) is 0.538. The van der Waals surface area contributed by atoms with Gasteiger partial charge in [-0.15, -0.1) is 0 Å². The number of sulfonamides is 1. The summed E-state index contributed by atoms with van der Waals surface area (Å²) in [7, 11) is -2.32. The van der Waals surface area contributed by atoms with E-state index < -0.39 is 15.6 Å². The second kappa shape index (κ2) is 5.90. The molecule has 0 aliphatic rings. The molecule has 1 rings (SSSR count). The van der Waals surface area contributed by atoms with Crippen LogP contribution in [0.4, 0.5) is 0 Å². The van der Waals surface area contributed by atoms with Crippen LogP contribution in [0.15, 0.2) is 23.1 Å². The van der Waals surface area contributed by atoms with E-state index in [1.165, 1.54) is 7.11 Å². The van der Waals surface area contributed by atoms with Crippen LogP contribution in [-0.4, -0.2) is 32.8 Å². The van der Waals surface area contributed by atoms with Gasteiger partial charge in [0.1, 0.15) is 10.6 Å². The Labute approximate surface area is 114 Å². The highest BCUT2D eigenvalue weighted by atomic mass is 32.2. The molecule has 1 unspecified atom stereocenters. The number of rotatable bonds is 6. The normalized spacial score (nSPS) is 15.0. The lowest BCUT2D eigenvalue weighted by Gasteiger charge is -2.27. The lowest BCUT2D eigenvalue weighted by molar-refractivity contribution is 0.191. The molecule has 19 heavy (non-hydrogen) atoms. The van der Waals surface area contributed by atoms with Crippen molar-refractivity contribution < 1.29 is 18.3 Å².